The lowest BCUT2D eigenvalue weighted by molar-refractivity contribution is 0.113. The normalized spacial score (nSPS) is 22.9. The number of hydrogen-bond acceptors (Lipinski definition) is 5. The van der Waals surface area contributed by atoms with Gasteiger partial charge in [0.15, 0.2) is 17.5 Å². The Hall–Kier alpha value is -2.29. The highest BCUT2D eigenvalue weighted by molar-refractivity contribution is 6.30. The van der Waals surface area contributed by atoms with E-state index in [2.05, 4.69) is 48.3 Å². The fourth-order valence-corrected chi connectivity index (χ4v) is 5.59. The van der Waals surface area contributed by atoms with Gasteiger partial charge in [-0.05, 0) is 85.4 Å². The van der Waals surface area contributed by atoms with E-state index in [0.717, 1.165) is 25.1 Å². The monoisotopic (exact) mass is 535 g/mol. The number of halogens is 4. The standard InChI is InChI=1S/C28H37ClF3N5/c1-16-12-19(10-11-36(16)15-20-8-7-9-21(29)26(20)32)14-22-24(30)18(3)25(31)27(33-22)34-23-13-17(2)37(35-23)28(4,5)6/h7-9,13,16,19,23,35H,10-12,14-15H2,1-6H3,(H,33,34)/t16-,19?,23?/m1/s1. The Morgan fingerprint density at radius 2 is 1.86 bits per heavy atom. The van der Waals surface area contributed by atoms with E-state index in [1.54, 1.807) is 18.2 Å². The van der Waals surface area contributed by atoms with Crippen molar-refractivity contribution in [1.82, 2.24) is 20.3 Å². The maximum atomic E-state index is 15.1. The minimum atomic E-state index is -0.671. The van der Waals surface area contributed by atoms with E-state index >= 15 is 8.78 Å². The van der Waals surface area contributed by atoms with Gasteiger partial charge in [0.1, 0.15) is 12.0 Å². The van der Waals surface area contributed by atoms with Crippen molar-refractivity contribution >= 4 is 17.4 Å². The molecule has 3 atom stereocenters. The van der Waals surface area contributed by atoms with Crippen LogP contribution < -0.4 is 10.7 Å². The quantitative estimate of drug-likeness (QED) is 0.438. The summed E-state index contributed by atoms with van der Waals surface area (Å²) in [7, 11) is 0. The van der Waals surface area contributed by atoms with Gasteiger partial charge in [-0.15, -0.1) is 0 Å². The molecule has 0 radical (unpaired) electrons. The van der Waals surface area contributed by atoms with E-state index < -0.39 is 11.6 Å². The summed E-state index contributed by atoms with van der Waals surface area (Å²) in [5.74, 6) is -1.39. The molecular formula is C28H37ClF3N5. The Kier molecular flexibility index (Phi) is 8.12. The molecule has 2 aromatic rings. The maximum Gasteiger partial charge on any atom is 0.171 e. The molecule has 9 heteroatoms. The van der Waals surface area contributed by atoms with Crippen LogP contribution in [0.5, 0.6) is 0 Å². The molecule has 2 aliphatic heterocycles. The Bertz CT molecular complexity index is 1180. The second-order valence-electron chi connectivity index (χ2n) is 11.4. The summed E-state index contributed by atoms with van der Waals surface area (Å²) in [6.45, 7) is 13.0. The molecule has 1 saturated heterocycles. The van der Waals surface area contributed by atoms with E-state index in [0.29, 0.717) is 18.5 Å². The number of hydrogen-bond donors (Lipinski definition) is 2. The minimum absolute atomic E-state index is 0.0270. The van der Waals surface area contributed by atoms with Crippen molar-refractivity contribution in [3.05, 3.63) is 69.3 Å². The lowest BCUT2D eigenvalue weighted by Gasteiger charge is -2.38. The number of aromatic nitrogens is 1. The maximum absolute atomic E-state index is 15.1. The van der Waals surface area contributed by atoms with E-state index in [1.165, 1.54) is 6.92 Å². The van der Waals surface area contributed by atoms with Gasteiger partial charge < -0.3 is 10.3 Å². The molecule has 4 rings (SSSR count). The first-order valence-electron chi connectivity index (χ1n) is 12.9. The fraction of sp³-hybridized carbons (Fsp3) is 0.536. The number of hydrazine groups is 1. The minimum Gasteiger partial charge on any atom is -0.347 e. The largest absolute Gasteiger partial charge is 0.347 e. The van der Waals surface area contributed by atoms with Gasteiger partial charge in [0, 0.05) is 34.9 Å². The highest BCUT2D eigenvalue weighted by Crippen LogP contribution is 2.31. The van der Waals surface area contributed by atoms with Crippen LogP contribution in [-0.2, 0) is 13.0 Å². The van der Waals surface area contributed by atoms with Crippen LogP contribution in [0.2, 0.25) is 5.02 Å². The number of allylic oxidation sites excluding steroid dienone is 1. The summed E-state index contributed by atoms with van der Waals surface area (Å²) >= 11 is 5.94. The molecule has 0 amide bonds. The van der Waals surface area contributed by atoms with Gasteiger partial charge in [-0.2, -0.15) is 0 Å². The zero-order valence-corrected chi connectivity index (χ0v) is 23.2. The third kappa shape index (κ3) is 6.07. The van der Waals surface area contributed by atoms with Gasteiger partial charge in [-0.1, -0.05) is 23.7 Å². The van der Waals surface area contributed by atoms with Crippen molar-refractivity contribution in [3.63, 3.8) is 0 Å². The van der Waals surface area contributed by atoms with Crippen LogP contribution >= 0.6 is 11.6 Å². The van der Waals surface area contributed by atoms with Gasteiger partial charge in [-0.3, -0.25) is 4.90 Å². The van der Waals surface area contributed by atoms with Crippen molar-refractivity contribution in [1.29, 1.82) is 0 Å². The van der Waals surface area contributed by atoms with Crippen LogP contribution in [0.4, 0.5) is 19.0 Å². The average molecular weight is 536 g/mol. The molecule has 0 aliphatic carbocycles. The van der Waals surface area contributed by atoms with Crippen molar-refractivity contribution < 1.29 is 13.2 Å². The number of benzene rings is 1. The van der Waals surface area contributed by atoms with Gasteiger partial charge in [-0.25, -0.2) is 23.6 Å². The Balaban J connectivity index is 1.44. The second kappa shape index (κ2) is 10.8. The Morgan fingerprint density at radius 1 is 1.14 bits per heavy atom. The molecule has 2 N–H and O–H groups in total. The molecule has 0 saturated carbocycles. The second-order valence-corrected chi connectivity index (χ2v) is 11.8. The molecule has 0 spiro atoms. The first-order valence-corrected chi connectivity index (χ1v) is 13.3. The zero-order chi connectivity index (χ0) is 27.1. The molecule has 37 heavy (non-hydrogen) atoms. The fourth-order valence-electron chi connectivity index (χ4n) is 5.39. The summed E-state index contributed by atoms with van der Waals surface area (Å²) in [6.07, 6.45) is 3.67. The summed E-state index contributed by atoms with van der Waals surface area (Å²) in [4.78, 5) is 6.63. The van der Waals surface area contributed by atoms with Crippen LogP contribution in [0.1, 0.15) is 64.3 Å². The highest BCUT2D eigenvalue weighted by atomic mass is 35.5. The number of likely N-dealkylation sites (tertiary alicyclic amines) is 1. The van der Waals surface area contributed by atoms with Crippen LogP contribution in [-0.4, -0.2) is 39.2 Å². The molecule has 1 aromatic heterocycles. The topological polar surface area (TPSA) is 43.4 Å². The first-order chi connectivity index (χ1) is 17.3. The molecule has 1 fully saturated rings. The predicted molar refractivity (Wildman–Crippen MR) is 142 cm³/mol. The van der Waals surface area contributed by atoms with E-state index in [9.17, 15) is 4.39 Å². The van der Waals surface area contributed by atoms with Crippen molar-refractivity contribution in [2.75, 3.05) is 11.9 Å². The van der Waals surface area contributed by atoms with Gasteiger partial charge in [0.2, 0.25) is 0 Å². The van der Waals surface area contributed by atoms with Crippen LogP contribution in [0, 0.1) is 30.3 Å². The number of pyridine rings is 1. The van der Waals surface area contributed by atoms with Crippen molar-refractivity contribution in [2.24, 2.45) is 5.92 Å². The van der Waals surface area contributed by atoms with E-state index in [4.69, 9.17) is 11.6 Å². The van der Waals surface area contributed by atoms with Crippen molar-refractivity contribution in [3.8, 4) is 0 Å². The first kappa shape index (κ1) is 27.7. The molecule has 0 bridgehead atoms. The molecule has 5 nitrogen and oxygen atoms in total. The van der Waals surface area contributed by atoms with E-state index in [1.807, 2.05) is 18.0 Å². The summed E-state index contributed by atoms with van der Waals surface area (Å²) < 4.78 is 44.5. The molecular weight excluding hydrogens is 499 g/mol. The summed E-state index contributed by atoms with van der Waals surface area (Å²) in [5.41, 5.74) is 5.00. The van der Waals surface area contributed by atoms with Gasteiger partial charge in [0.25, 0.3) is 0 Å². The number of nitrogens with one attached hydrogen (secondary N) is 2. The summed E-state index contributed by atoms with van der Waals surface area (Å²) in [6, 6.07) is 5.24. The molecule has 2 aliphatic rings. The Morgan fingerprint density at radius 3 is 2.51 bits per heavy atom. The van der Waals surface area contributed by atoms with Crippen molar-refractivity contribution in [2.45, 2.75) is 85.1 Å². The molecule has 3 heterocycles. The van der Waals surface area contributed by atoms with Gasteiger partial charge >= 0.3 is 0 Å². The predicted octanol–water partition coefficient (Wildman–Crippen LogP) is 6.56. The average Bonchev–Trinajstić information content (AvgIpc) is 3.20. The van der Waals surface area contributed by atoms with Gasteiger partial charge in [0.05, 0.1) is 10.7 Å². The summed E-state index contributed by atoms with van der Waals surface area (Å²) in [5, 5.41) is 5.25. The Labute approximate surface area is 223 Å². The number of nitrogens with zero attached hydrogens (tertiary/aromatic N) is 3. The van der Waals surface area contributed by atoms with Crippen LogP contribution in [0.15, 0.2) is 30.0 Å². The smallest absolute Gasteiger partial charge is 0.171 e. The molecule has 202 valence electrons. The molecule has 2 unspecified atom stereocenters. The van der Waals surface area contributed by atoms with Crippen LogP contribution in [0.25, 0.3) is 0 Å². The highest BCUT2D eigenvalue weighted by Gasteiger charge is 2.31. The number of anilines is 1. The zero-order valence-electron chi connectivity index (χ0n) is 22.4. The number of rotatable bonds is 6. The van der Waals surface area contributed by atoms with E-state index in [-0.39, 0.29) is 51.6 Å². The third-order valence-corrected chi connectivity index (χ3v) is 7.66. The lowest BCUT2D eigenvalue weighted by atomic mass is 9.87. The molecule has 1 aromatic carbocycles. The third-order valence-electron chi connectivity index (χ3n) is 7.37. The number of piperidine rings is 1. The SMILES string of the molecule is CC1=CC(Nc2nc(CC3CCN(Cc4cccc(Cl)c4F)[C@H](C)C3)c(F)c(C)c2F)NN1C(C)(C)C. The van der Waals surface area contributed by atoms with Crippen LogP contribution in [0.3, 0.4) is 0 Å². The lowest BCUT2D eigenvalue weighted by Crippen LogP contribution is -2.50.